The van der Waals surface area contributed by atoms with E-state index in [9.17, 15) is 4.79 Å². The molecule has 1 fully saturated rings. The summed E-state index contributed by atoms with van der Waals surface area (Å²) in [6, 6.07) is 6.34. The van der Waals surface area contributed by atoms with Gasteiger partial charge in [-0.05, 0) is 56.9 Å². The number of amides is 2. The van der Waals surface area contributed by atoms with Crippen LogP contribution in [0.4, 0.5) is 4.79 Å². The van der Waals surface area contributed by atoms with E-state index < -0.39 is 0 Å². The van der Waals surface area contributed by atoms with Gasteiger partial charge in [-0.15, -0.1) is 0 Å². The van der Waals surface area contributed by atoms with Crippen molar-refractivity contribution in [1.82, 2.24) is 15.2 Å². The number of aromatic amines is 1. The van der Waals surface area contributed by atoms with E-state index in [2.05, 4.69) is 22.4 Å². The molecule has 1 aromatic heterocycles. The van der Waals surface area contributed by atoms with Crippen molar-refractivity contribution >= 4 is 16.9 Å². The minimum atomic E-state index is -0.311. The molecule has 0 unspecified atom stereocenters. The van der Waals surface area contributed by atoms with Gasteiger partial charge in [0.05, 0.1) is 19.4 Å². The van der Waals surface area contributed by atoms with Crippen LogP contribution in [0.2, 0.25) is 0 Å². The van der Waals surface area contributed by atoms with E-state index in [1.54, 1.807) is 7.11 Å². The van der Waals surface area contributed by atoms with Gasteiger partial charge in [-0.25, -0.2) is 4.79 Å². The van der Waals surface area contributed by atoms with Crippen LogP contribution in [-0.2, 0) is 16.8 Å². The molecule has 2 aromatic rings. The van der Waals surface area contributed by atoms with Crippen molar-refractivity contribution in [2.45, 2.75) is 44.8 Å². The third-order valence-corrected chi connectivity index (χ3v) is 5.57. The van der Waals surface area contributed by atoms with E-state index in [0.29, 0.717) is 13.1 Å². The number of likely N-dealkylation sites (tertiary alicyclic amines) is 1. The summed E-state index contributed by atoms with van der Waals surface area (Å²) in [5.74, 6) is 0.875. The fraction of sp³-hybridized carbons (Fsp3) is 0.550. The van der Waals surface area contributed by atoms with E-state index >= 15 is 0 Å². The van der Waals surface area contributed by atoms with Crippen molar-refractivity contribution in [1.29, 1.82) is 0 Å². The second-order valence-corrected chi connectivity index (χ2v) is 7.57. The summed E-state index contributed by atoms with van der Waals surface area (Å²) in [5, 5.41) is 4.21. The number of nitrogens with zero attached hydrogens (tertiary/aromatic N) is 1. The van der Waals surface area contributed by atoms with Gasteiger partial charge in [0.15, 0.2) is 0 Å². The number of fused-ring (bicyclic) bond motifs is 4. The average Bonchev–Trinajstić information content (AvgIpc) is 3.01. The highest BCUT2D eigenvalue weighted by molar-refractivity contribution is 5.86. The largest absolute Gasteiger partial charge is 0.497 e. The molecule has 6 heteroatoms. The Hall–Kier alpha value is -2.21. The third kappa shape index (κ3) is 2.82. The third-order valence-electron chi connectivity index (χ3n) is 5.57. The van der Waals surface area contributed by atoms with Crippen LogP contribution in [-0.4, -0.2) is 48.8 Å². The molecular weight excluding hydrogens is 330 g/mol. The molecule has 3 heterocycles. The second-order valence-electron chi connectivity index (χ2n) is 7.57. The van der Waals surface area contributed by atoms with Crippen LogP contribution in [0.1, 0.15) is 37.9 Å². The van der Waals surface area contributed by atoms with Crippen molar-refractivity contribution < 1.29 is 14.3 Å². The Bertz CT molecular complexity index is 819. The zero-order valence-corrected chi connectivity index (χ0v) is 15.7. The van der Waals surface area contributed by atoms with Gasteiger partial charge in [0.25, 0.3) is 0 Å². The quantitative estimate of drug-likeness (QED) is 0.868. The highest BCUT2D eigenvalue weighted by Gasteiger charge is 2.43. The predicted octanol–water partition coefficient (Wildman–Crippen LogP) is 3.16. The average molecular weight is 357 g/mol. The highest BCUT2D eigenvalue weighted by Crippen LogP contribution is 2.44. The number of piperidine rings is 1. The first kappa shape index (κ1) is 17.2. The van der Waals surface area contributed by atoms with Crippen LogP contribution in [0.25, 0.3) is 10.9 Å². The molecule has 4 rings (SSSR count). The Morgan fingerprint density at radius 3 is 2.81 bits per heavy atom. The molecule has 26 heavy (non-hydrogen) atoms. The fourth-order valence-electron chi connectivity index (χ4n) is 4.23. The Morgan fingerprint density at radius 2 is 2.12 bits per heavy atom. The number of carbonyl (C=O) groups is 1. The molecule has 6 nitrogen and oxygen atoms in total. The van der Waals surface area contributed by atoms with Crippen molar-refractivity contribution in [3.05, 3.63) is 29.5 Å². The standard InChI is InChI=1S/C20H27N3O3/c1-13(2)21-19(24)23-9-7-20(8-10-23)18-15(6-11-26-20)16-12-14(25-3)4-5-17(16)22-18/h4-5,12-13,22H,6-11H2,1-3H3,(H,21,24). The maximum absolute atomic E-state index is 12.3. The first-order valence-corrected chi connectivity index (χ1v) is 9.41. The topological polar surface area (TPSA) is 66.6 Å². The second kappa shape index (κ2) is 6.50. The number of methoxy groups -OCH3 is 1. The molecule has 0 saturated carbocycles. The molecule has 2 amide bonds. The number of ether oxygens (including phenoxy) is 2. The monoisotopic (exact) mass is 357 g/mol. The molecule has 0 bridgehead atoms. The SMILES string of the molecule is COc1ccc2[nH]c3c(c2c1)CCOC31CCN(C(=O)NC(C)C)CC1. The summed E-state index contributed by atoms with van der Waals surface area (Å²) in [7, 11) is 1.70. The number of aromatic nitrogens is 1. The lowest BCUT2D eigenvalue weighted by atomic mass is 9.83. The number of benzene rings is 1. The van der Waals surface area contributed by atoms with Gasteiger partial charge >= 0.3 is 6.03 Å². The number of urea groups is 1. The molecule has 1 spiro atoms. The van der Waals surface area contributed by atoms with Crippen LogP contribution in [0, 0.1) is 0 Å². The smallest absolute Gasteiger partial charge is 0.317 e. The zero-order chi connectivity index (χ0) is 18.3. The lowest BCUT2D eigenvalue weighted by molar-refractivity contribution is -0.0948. The van der Waals surface area contributed by atoms with Gasteiger partial charge in [0.2, 0.25) is 0 Å². The number of hydrogen-bond acceptors (Lipinski definition) is 3. The van der Waals surface area contributed by atoms with E-state index in [0.717, 1.165) is 37.1 Å². The number of H-pyrrole nitrogens is 1. The van der Waals surface area contributed by atoms with Gasteiger partial charge in [-0.3, -0.25) is 0 Å². The van der Waals surface area contributed by atoms with E-state index in [4.69, 9.17) is 9.47 Å². The summed E-state index contributed by atoms with van der Waals surface area (Å²) in [4.78, 5) is 17.8. The number of carbonyl (C=O) groups excluding carboxylic acids is 1. The molecular formula is C20H27N3O3. The predicted molar refractivity (Wildman–Crippen MR) is 101 cm³/mol. The number of rotatable bonds is 2. The van der Waals surface area contributed by atoms with E-state index in [1.807, 2.05) is 24.8 Å². The molecule has 1 aromatic carbocycles. The van der Waals surface area contributed by atoms with Crippen molar-refractivity contribution in [3.8, 4) is 5.75 Å². The summed E-state index contributed by atoms with van der Waals surface area (Å²) < 4.78 is 11.7. The van der Waals surface area contributed by atoms with E-state index in [-0.39, 0.29) is 17.7 Å². The molecule has 0 atom stereocenters. The Labute approximate surface area is 153 Å². The normalized spacial score (nSPS) is 19.0. The molecule has 2 aliphatic heterocycles. The summed E-state index contributed by atoms with van der Waals surface area (Å²) in [5.41, 5.74) is 3.34. The van der Waals surface area contributed by atoms with Gasteiger partial charge in [0, 0.05) is 30.0 Å². The van der Waals surface area contributed by atoms with Gasteiger partial charge in [-0.1, -0.05) is 0 Å². The Kier molecular flexibility index (Phi) is 4.31. The van der Waals surface area contributed by atoms with Crippen molar-refractivity contribution in [3.63, 3.8) is 0 Å². The van der Waals surface area contributed by atoms with Crippen LogP contribution < -0.4 is 10.1 Å². The lowest BCUT2D eigenvalue weighted by Gasteiger charge is -2.43. The zero-order valence-electron chi connectivity index (χ0n) is 15.7. The molecule has 0 radical (unpaired) electrons. The van der Waals surface area contributed by atoms with Gasteiger partial charge < -0.3 is 24.7 Å². The number of nitrogens with one attached hydrogen (secondary N) is 2. The fourth-order valence-corrected chi connectivity index (χ4v) is 4.23. The Morgan fingerprint density at radius 1 is 1.35 bits per heavy atom. The van der Waals surface area contributed by atoms with Crippen LogP contribution in [0.3, 0.4) is 0 Å². The summed E-state index contributed by atoms with van der Waals surface area (Å²) in [6.07, 6.45) is 2.53. The maximum Gasteiger partial charge on any atom is 0.317 e. The lowest BCUT2D eigenvalue weighted by Crippen LogP contribution is -2.52. The van der Waals surface area contributed by atoms with E-state index in [1.165, 1.54) is 16.6 Å². The van der Waals surface area contributed by atoms with Crippen molar-refractivity contribution in [2.24, 2.45) is 0 Å². The Balaban J connectivity index is 1.61. The molecule has 0 aliphatic carbocycles. The molecule has 2 N–H and O–H groups in total. The minimum Gasteiger partial charge on any atom is -0.497 e. The summed E-state index contributed by atoms with van der Waals surface area (Å²) in [6.45, 7) is 6.10. The molecule has 1 saturated heterocycles. The van der Waals surface area contributed by atoms with Crippen molar-refractivity contribution in [2.75, 3.05) is 26.8 Å². The first-order chi connectivity index (χ1) is 12.5. The number of hydrogen-bond donors (Lipinski definition) is 2. The van der Waals surface area contributed by atoms with Crippen LogP contribution in [0.5, 0.6) is 5.75 Å². The molecule has 140 valence electrons. The maximum atomic E-state index is 12.3. The minimum absolute atomic E-state index is 0.0206. The van der Waals surface area contributed by atoms with Gasteiger partial charge in [0.1, 0.15) is 11.4 Å². The summed E-state index contributed by atoms with van der Waals surface area (Å²) >= 11 is 0. The van der Waals surface area contributed by atoms with Crippen LogP contribution in [0.15, 0.2) is 18.2 Å². The molecule has 2 aliphatic rings. The van der Waals surface area contributed by atoms with Crippen LogP contribution >= 0.6 is 0 Å². The van der Waals surface area contributed by atoms with Gasteiger partial charge in [-0.2, -0.15) is 0 Å². The first-order valence-electron chi connectivity index (χ1n) is 9.41. The highest BCUT2D eigenvalue weighted by atomic mass is 16.5.